The predicted molar refractivity (Wildman–Crippen MR) is 57.5 cm³/mol. The molecular formula is C11H7ClFNO3. The molecule has 4 nitrogen and oxygen atoms in total. The molecule has 0 bridgehead atoms. The number of halogens is 2. The topological polar surface area (TPSA) is 63.3 Å². The lowest BCUT2D eigenvalue weighted by Gasteiger charge is -1.90. The average Bonchev–Trinajstić information content (AvgIpc) is 2.96. The van der Waals surface area contributed by atoms with Crippen LogP contribution in [0.3, 0.4) is 0 Å². The minimum absolute atomic E-state index is 0.0251. The van der Waals surface area contributed by atoms with Gasteiger partial charge in [0, 0.05) is 12.0 Å². The van der Waals surface area contributed by atoms with Gasteiger partial charge in [0.05, 0.1) is 10.9 Å². The Balaban J connectivity index is 2.01. The van der Waals surface area contributed by atoms with Gasteiger partial charge in [-0.2, -0.15) is 0 Å². The summed E-state index contributed by atoms with van der Waals surface area (Å²) in [5.74, 6) is -1.74. The third-order valence-corrected chi connectivity index (χ3v) is 3.16. The van der Waals surface area contributed by atoms with Gasteiger partial charge in [0.2, 0.25) is 0 Å². The van der Waals surface area contributed by atoms with Crippen LogP contribution in [0.1, 0.15) is 18.2 Å². The van der Waals surface area contributed by atoms with E-state index in [1.54, 1.807) is 0 Å². The van der Waals surface area contributed by atoms with Crippen molar-refractivity contribution in [1.29, 1.82) is 0 Å². The maximum absolute atomic E-state index is 13.2. The van der Waals surface area contributed by atoms with Gasteiger partial charge in [-0.25, -0.2) is 9.37 Å². The number of rotatable bonds is 2. The van der Waals surface area contributed by atoms with Crippen molar-refractivity contribution < 1.29 is 18.7 Å². The summed E-state index contributed by atoms with van der Waals surface area (Å²) in [5, 5.41) is 8.77. The molecule has 3 rings (SSSR count). The predicted octanol–water partition coefficient (Wildman–Crippen LogP) is 2.81. The van der Waals surface area contributed by atoms with E-state index in [0.29, 0.717) is 17.8 Å². The number of carbonyl (C=O) groups is 1. The van der Waals surface area contributed by atoms with Crippen molar-refractivity contribution in [2.45, 2.75) is 12.3 Å². The molecular weight excluding hydrogens is 249 g/mol. The lowest BCUT2D eigenvalue weighted by molar-refractivity contribution is -0.138. The lowest BCUT2D eigenvalue weighted by atomic mass is 10.3. The first-order chi connectivity index (χ1) is 8.06. The van der Waals surface area contributed by atoms with E-state index in [2.05, 4.69) is 4.98 Å². The van der Waals surface area contributed by atoms with Crippen molar-refractivity contribution in [3.05, 3.63) is 28.9 Å². The monoisotopic (exact) mass is 255 g/mol. The molecule has 1 aromatic heterocycles. The van der Waals surface area contributed by atoms with Crippen LogP contribution in [0, 0.1) is 11.7 Å². The van der Waals surface area contributed by atoms with Crippen LogP contribution in [0.15, 0.2) is 16.5 Å². The fourth-order valence-corrected chi connectivity index (χ4v) is 2.00. The molecule has 1 N–H and O–H groups in total. The van der Waals surface area contributed by atoms with Crippen LogP contribution < -0.4 is 0 Å². The van der Waals surface area contributed by atoms with Crippen LogP contribution in [0.2, 0.25) is 5.02 Å². The van der Waals surface area contributed by atoms with Crippen LogP contribution in [0.5, 0.6) is 0 Å². The van der Waals surface area contributed by atoms with E-state index in [9.17, 15) is 9.18 Å². The fraction of sp³-hybridized carbons (Fsp3) is 0.273. The molecule has 2 aromatic rings. The van der Waals surface area contributed by atoms with Gasteiger partial charge in [-0.1, -0.05) is 11.6 Å². The van der Waals surface area contributed by atoms with Gasteiger partial charge < -0.3 is 9.52 Å². The molecule has 1 aromatic carbocycles. The third kappa shape index (κ3) is 1.67. The van der Waals surface area contributed by atoms with Crippen molar-refractivity contribution in [3.8, 4) is 0 Å². The maximum Gasteiger partial charge on any atom is 0.307 e. The van der Waals surface area contributed by atoms with Crippen molar-refractivity contribution in [1.82, 2.24) is 4.98 Å². The second-order valence-electron chi connectivity index (χ2n) is 4.07. The van der Waals surface area contributed by atoms with Crippen molar-refractivity contribution in [2.24, 2.45) is 5.92 Å². The van der Waals surface area contributed by atoms with E-state index in [1.807, 2.05) is 0 Å². The summed E-state index contributed by atoms with van der Waals surface area (Å²) in [6.07, 6.45) is 0.512. The number of aliphatic carboxylic acids is 1. The number of oxazole rings is 1. The Bertz CT molecular complexity index is 585. The summed E-state index contributed by atoms with van der Waals surface area (Å²) in [7, 11) is 0. The molecule has 88 valence electrons. The highest BCUT2D eigenvalue weighted by atomic mass is 35.5. The average molecular weight is 256 g/mol. The molecule has 2 unspecified atom stereocenters. The first-order valence-electron chi connectivity index (χ1n) is 5.04. The van der Waals surface area contributed by atoms with E-state index in [-0.39, 0.29) is 16.5 Å². The molecule has 2 atom stereocenters. The molecule has 1 heterocycles. The molecule has 0 saturated heterocycles. The smallest absolute Gasteiger partial charge is 0.307 e. The van der Waals surface area contributed by atoms with Gasteiger partial charge in [0.25, 0.3) is 0 Å². The Hall–Kier alpha value is -1.62. The van der Waals surface area contributed by atoms with E-state index in [4.69, 9.17) is 21.1 Å². The Kier molecular flexibility index (Phi) is 2.13. The second kappa shape index (κ2) is 3.43. The molecule has 1 fully saturated rings. The molecule has 1 saturated carbocycles. The lowest BCUT2D eigenvalue weighted by Crippen LogP contribution is -1.98. The van der Waals surface area contributed by atoms with Crippen LogP contribution in [-0.2, 0) is 4.79 Å². The number of carboxylic acids is 1. The van der Waals surface area contributed by atoms with Gasteiger partial charge in [-0.05, 0) is 12.5 Å². The molecule has 1 aliphatic carbocycles. The second-order valence-corrected chi connectivity index (χ2v) is 4.48. The molecule has 17 heavy (non-hydrogen) atoms. The van der Waals surface area contributed by atoms with Crippen molar-refractivity contribution in [3.63, 3.8) is 0 Å². The van der Waals surface area contributed by atoms with Crippen LogP contribution >= 0.6 is 11.6 Å². The van der Waals surface area contributed by atoms with Crippen LogP contribution in [0.4, 0.5) is 4.39 Å². The molecule has 0 spiro atoms. The number of nitrogens with zero attached hydrogens (tertiary/aromatic N) is 1. The zero-order valence-electron chi connectivity index (χ0n) is 8.48. The summed E-state index contributed by atoms with van der Waals surface area (Å²) in [6, 6.07) is 2.53. The van der Waals surface area contributed by atoms with Crippen molar-refractivity contribution in [2.75, 3.05) is 0 Å². The number of benzene rings is 1. The summed E-state index contributed by atoms with van der Waals surface area (Å²) in [5.41, 5.74) is 0.736. The fourth-order valence-electron chi connectivity index (χ4n) is 1.84. The number of fused-ring (bicyclic) bond motifs is 1. The molecule has 0 amide bonds. The van der Waals surface area contributed by atoms with Crippen molar-refractivity contribution >= 4 is 28.7 Å². The van der Waals surface area contributed by atoms with E-state index in [1.165, 1.54) is 6.07 Å². The third-order valence-electron chi connectivity index (χ3n) is 2.87. The normalized spacial score (nSPS) is 22.9. The highest BCUT2D eigenvalue weighted by Crippen LogP contribution is 2.47. The summed E-state index contributed by atoms with van der Waals surface area (Å²) >= 11 is 5.62. The minimum atomic E-state index is -0.860. The summed E-state index contributed by atoms with van der Waals surface area (Å²) in [6.45, 7) is 0. The van der Waals surface area contributed by atoms with Gasteiger partial charge in [0.1, 0.15) is 11.3 Å². The minimum Gasteiger partial charge on any atom is -0.481 e. The number of aromatic nitrogens is 1. The molecule has 0 radical (unpaired) electrons. The SMILES string of the molecule is O=C(O)C1CC1c1nc2cc(Cl)c(F)cc2o1. The van der Waals surface area contributed by atoms with Gasteiger partial charge in [-0.15, -0.1) is 0 Å². The zero-order valence-corrected chi connectivity index (χ0v) is 9.24. The van der Waals surface area contributed by atoms with E-state index in [0.717, 1.165) is 6.07 Å². The Morgan fingerprint density at radius 2 is 2.35 bits per heavy atom. The number of hydrogen-bond acceptors (Lipinski definition) is 3. The zero-order chi connectivity index (χ0) is 12.2. The number of hydrogen-bond donors (Lipinski definition) is 1. The van der Waals surface area contributed by atoms with E-state index >= 15 is 0 Å². The van der Waals surface area contributed by atoms with Crippen LogP contribution in [0.25, 0.3) is 11.1 Å². The Morgan fingerprint density at radius 1 is 1.59 bits per heavy atom. The standard InChI is InChI=1S/C11H7ClFNO3/c12-6-2-8-9(3-7(6)13)17-10(14-8)4-1-5(4)11(15)16/h2-5H,1H2,(H,15,16). The number of carboxylic acid groups (broad SMARTS) is 1. The van der Waals surface area contributed by atoms with Crippen LogP contribution in [-0.4, -0.2) is 16.1 Å². The van der Waals surface area contributed by atoms with E-state index < -0.39 is 17.7 Å². The largest absolute Gasteiger partial charge is 0.481 e. The quantitative estimate of drug-likeness (QED) is 0.896. The van der Waals surface area contributed by atoms with Gasteiger partial charge in [-0.3, -0.25) is 4.79 Å². The Morgan fingerprint density at radius 3 is 3.00 bits per heavy atom. The molecule has 1 aliphatic rings. The summed E-state index contributed by atoms with van der Waals surface area (Å²) < 4.78 is 18.5. The molecule has 0 aliphatic heterocycles. The summed E-state index contributed by atoms with van der Waals surface area (Å²) in [4.78, 5) is 14.8. The highest BCUT2D eigenvalue weighted by molar-refractivity contribution is 6.31. The van der Waals surface area contributed by atoms with Gasteiger partial charge >= 0.3 is 5.97 Å². The first kappa shape index (κ1) is 10.5. The maximum atomic E-state index is 13.2. The molecule has 6 heteroatoms. The van der Waals surface area contributed by atoms with Gasteiger partial charge in [0.15, 0.2) is 11.5 Å². The first-order valence-corrected chi connectivity index (χ1v) is 5.42. The Labute approximate surface area is 100 Å². The highest BCUT2D eigenvalue weighted by Gasteiger charge is 2.47.